The van der Waals surface area contributed by atoms with Crippen LogP contribution >= 0.6 is 23.2 Å². The minimum Gasteiger partial charge on any atom is -0.323 e. The molecule has 0 aliphatic heterocycles. The molecule has 2 aromatic rings. The van der Waals surface area contributed by atoms with Crippen LogP contribution in [0.2, 0.25) is 5.02 Å². The lowest BCUT2D eigenvalue weighted by Crippen LogP contribution is -2.03. The van der Waals surface area contributed by atoms with Gasteiger partial charge in [0.05, 0.1) is 15.9 Å². The summed E-state index contributed by atoms with van der Waals surface area (Å²) >= 11 is 12.4. The molecule has 2 nitrogen and oxygen atoms in total. The van der Waals surface area contributed by atoms with Crippen molar-refractivity contribution in [2.24, 2.45) is 5.92 Å². The molecule has 0 N–H and O–H groups in total. The second kappa shape index (κ2) is 3.89. The highest BCUT2D eigenvalue weighted by Gasteiger charge is 2.37. The Kier molecular flexibility index (Phi) is 2.60. The number of benzene rings is 1. The van der Waals surface area contributed by atoms with Crippen molar-refractivity contribution < 1.29 is 0 Å². The third kappa shape index (κ3) is 1.74. The van der Waals surface area contributed by atoms with Gasteiger partial charge in [0, 0.05) is 6.04 Å². The van der Waals surface area contributed by atoms with Crippen LogP contribution in [0.5, 0.6) is 0 Å². The molecule has 0 amide bonds. The molecule has 3 unspecified atom stereocenters. The molecule has 1 aliphatic carbocycles. The first kappa shape index (κ1) is 11.4. The van der Waals surface area contributed by atoms with Crippen molar-refractivity contribution >= 4 is 34.2 Å². The zero-order valence-corrected chi connectivity index (χ0v) is 11.3. The third-order valence-electron chi connectivity index (χ3n) is 3.45. The van der Waals surface area contributed by atoms with Crippen LogP contribution in [-0.2, 0) is 0 Å². The predicted octanol–water partition coefficient (Wildman–Crippen LogP) is 4.57. The number of nitrogens with zero attached hydrogens (tertiary/aromatic N) is 2. The Morgan fingerprint density at radius 1 is 1.47 bits per heavy atom. The number of aromatic nitrogens is 2. The van der Waals surface area contributed by atoms with E-state index in [0.717, 1.165) is 16.9 Å². The number of alkyl halides is 1. The Morgan fingerprint density at radius 3 is 2.76 bits per heavy atom. The molecular weight excluding hydrogens is 255 g/mol. The number of imidazole rings is 1. The van der Waals surface area contributed by atoms with Gasteiger partial charge in [-0.05, 0) is 31.4 Å². The van der Waals surface area contributed by atoms with Gasteiger partial charge in [0.2, 0.25) is 0 Å². The van der Waals surface area contributed by atoms with Crippen LogP contribution in [0.15, 0.2) is 18.2 Å². The van der Waals surface area contributed by atoms with E-state index in [1.807, 2.05) is 19.1 Å². The smallest absolute Gasteiger partial charge is 0.128 e. The fourth-order valence-electron chi connectivity index (χ4n) is 2.39. The fraction of sp³-hybridized carbons (Fsp3) is 0.462. The monoisotopic (exact) mass is 268 g/mol. The number of hydrogen-bond acceptors (Lipinski definition) is 1. The molecule has 3 rings (SSSR count). The van der Waals surface area contributed by atoms with Gasteiger partial charge in [-0.3, -0.25) is 0 Å². The predicted molar refractivity (Wildman–Crippen MR) is 71.8 cm³/mol. The standard InChI is InChI=1S/C13H14Cl2N2/c1-7-6-11(7)17-10-5-3-4-9(15)12(10)16-13(17)8(2)14/h3-5,7-8,11H,6H2,1-2H3. The average molecular weight is 269 g/mol. The molecule has 1 aromatic carbocycles. The maximum absolute atomic E-state index is 6.23. The van der Waals surface area contributed by atoms with Gasteiger partial charge >= 0.3 is 0 Å². The van der Waals surface area contributed by atoms with Gasteiger partial charge in [-0.25, -0.2) is 4.98 Å². The molecule has 4 heteroatoms. The van der Waals surface area contributed by atoms with Crippen LogP contribution in [0.25, 0.3) is 11.0 Å². The van der Waals surface area contributed by atoms with E-state index in [0.29, 0.717) is 17.0 Å². The van der Waals surface area contributed by atoms with E-state index in [-0.39, 0.29) is 5.38 Å². The van der Waals surface area contributed by atoms with Crippen LogP contribution < -0.4 is 0 Å². The number of halogens is 2. The molecular formula is C13H14Cl2N2. The minimum absolute atomic E-state index is 0.0914. The second-order valence-corrected chi connectivity index (χ2v) is 5.91. The number of rotatable bonds is 2. The SMILES string of the molecule is CC(Cl)c1nc2c(Cl)cccc2n1C1CC1C. The highest BCUT2D eigenvalue weighted by molar-refractivity contribution is 6.35. The zero-order valence-electron chi connectivity index (χ0n) is 9.82. The molecule has 1 fully saturated rings. The summed E-state index contributed by atoms with van der Waals surface area (Å²) in [7, 11) is 0. The van der Waals surface area contributed by atoms with Gasteiger partial charge in [0.1, 0.15) is 11.3 Å². The van der Waals surface area contributed by atoms with Gasteiger partial charge in [-0.15, -0.1) is 11.6 Å². The molecule has 1 heterocycles. The molecule has 0 radical (unpaired) electrons. The highest BCUT2D eigenvalue weighted by atomic mass is 35.5. The lowest BCUT2D eigenvalue weighted by Gasteiger charge is -2.09. The molecule has 3 atom stereocenters. The Hall–Kier alpha value is -0.730. The summed E-state index contributed by atoms with van der Waals surface area (Å²) in [6.45, 7) is 4.21. The van der Waals surface area contributed by atoms with Crippen LogP contribution in [0, 0.1) is 5.92 Å². The molecule has 17 heavy (non-hydrogen) atoms. The Labute approximate surface area is 111 Å². The molecule has 1 saturated carbocycles. The Morgan fingerprint density at radius 2 is 2.18 bits per heavy atom. The van der Waals surface area contributed by atoms with Crippen molar-refractivity contribution in [1.82, 2.24) is 9.55 Å². The fourth-order valence-corrected chi connectivity index (χ4v) is 2.76. The zero-order chi connectivity index (χ0) is 12.2. The normalized spacial score (nSPS) is 25.2. The molecule has 1 aliphatic rings. The molecule has 0 bridgehead atoms. The van der Waals surface area contributed by atoms with Crippen molar-refractivity contribution in [2.75, 3.05) is 0 Å². The van der Waals surface area contributed by atoms with E-state index in [4.69, 9.17) is 23.2 Å². The Bertz CT molecular complexity index is 574. The lowest BCUT2D eigenvalue weighted by atomic mass is 10.3. The second-order valence-electron chi connectivity index (χ2n) is 4.84. The van der Waals surface area contributed by atoms with E-state index >= 15 is 0 Å². The van der Waals surface area contributed by atoms with E-state index in [2.05, 4.69) is 22.5 Å². The van der Waals surface area contributed by atoms with Crippen molar-refractivity contribution in [3.63, 3.8) is 0 Å². The summed E-state index contributed by atoms with van der Waals surface area (Å²) < 4.78 is 2.27. The van der Waals surface area contributed by atoms with Crippen LogP contribution in [-0.4, -0.2) is 9.55 Å². The quantitative estimate of drug-likeness (QED) is 0.730. The van der Waals surface area contributed by atoms with Crippen molar-refractivity contribution in [3.8, 4) is 0 Å². The van der Waals surface area contributed by atoms with Gasteiger partial charge in [0.25, 0.3) is 0 Å². The number of hydrogen-bond donors (Lipinski definition) is 0. The number of para-hydroxylation sites is 1. The van der Waals surface area contributed by atoms with Crippen LogP contribution in [0.3, 0.4) is 0 Å². The largest absolute Gasteiger partial charge is 0.323 e. The molecule has 1 aromatic heterocycles. The van der Waals surface area contributed by atoms with Gasteiger partial charge in [-0.1, -0.05) is 24.6 Å². The maximum Gasteiger partial charge on any atom is 0.128 e. The van der Waals surface area contributed by atoms with Crippen LogP contribution in [0.4, 0.5) is 0 Å². The molecule has 0 saturated heterocycles. The summed E-state index contributed by atoms with van der Waals surface area (Å²) in [5, 5.41) is 0.611. The Balaban J connectivity index is 2.28. The summed E-state index contributed by atoms with van der Waals surface area (Å²) in [4.78, 5) is 4.61. The van der Waals surface area contributed by atoms with Crippen LogP contribution in [0.1, 0.15) is 37.5 Å². The van der Waals surface area contributed by atoms with Crippen molar-refractivity contribution in [3.05, 3.63) is 29.0 Å². The topological polar surface area (TPSA) is 17.8 Å². The molecule has 0 spiro atoms. The number of fused-ring (bicyclic) bond motifs is 1. The minimum atomic E-state index is -0.0914. The first-order valence-corrected chi connectivity index (χ1v) is 6.71. The third-order valence-corrected chi connectivity index (χ3v) is 3.95. The van der Waals surface area contributed by atoms with E-state index in [1.54, 1.807) is 0 Å². The van der Waals surface area contributed by atoms with Gasteiger partial charge < -0.3 is 4.57 Å². The first-order chi connectivity index (χ1) is 8.09. The average Bonchev–Trinajstić information content (AvgIpc) is 2.86. The first-order valence-electron chi connectivity index (χ1n) is 5.90. The van der Waals surface area contributed by atoms with E-state index in [1.165, 1.54) is 6.42 Å². The summed E-state index contributed by atoms with van der Waals surface area (Å²) in [6, 6.07) is 6.45. The molecule has 90 valence electrons. The van der Waals surface area contributed by atoms with Gasteiger partial charge in [0.15, 0.2) is 0 Å². The lowest BCUT2D eigenvalue weighted by molar-refractivity contribution is 0.659. The van der Waals surface area contributed by atoms with E-state index < -0.39 is 0 Å². The highest BCUT2D eigenvalue weighted by Crippen LogP contribution is 2.46. The summed E-state index contributed by atoms with van der Waals surface area (Å²) in [5.74, 6) is 1.64. The summed E-state index contributed by atoms with van der Waals surface area (Å²) in [6.07, 6.45) is 1.20. The maximum atomic E-state index is 6.23. The van der Waals surface area contributed by atoms with Crippen molar-refractivity contribution in [1.29, 1.82) is 0 Å². The summed E-state index contributed by atoms with van der Waals surface area (Å²) in [5.41, 5.74) is 1.98. The van der Waals surface area contributed by atoms with E-state index in [9.17, 15) is 0 Å². The van der Waals surface area contributed by atoms with Crippen molar-refractivity contribution in [2.45, 2.75) is 31.7 Å². The van der Waals surface area contributed by atoms with Gasteiger partial charge in [-0.2, -0.15) is 0 Å².